The molecule has 0 aromatic heterocycles. The Labute approximate surface area is 97.6 Å². The first-order chi connectivity index (χ1) is 7.78. The fourth-order valence-corrected chi connectivity index (χ4v) is 3.70. The van der Waals surface area contributed by atoms with E-state index in [2.05, 4.69) is 17.1 Å². The van der Waals surface area contributed by atoms with Gasteiger partial charge in [-0.15, -0.1) is 0 Å². The van der Waals surface area contributed by atoms with Gasteiger partial charge in [0.2, 0.25) is 5.91 Å². The summed E-state index contributed by atoms with van der Waals surface area (Å²) in [5, 5.41) is 3.56. The molecule has 3 nitrogen and oxygen atoms in total. The summed E-state index contributed by atoms with van der Waals surface area (Å²) in [5.74, 6) is 1.50. The van der Waals surface area contributed by atoms with E-state index in [0.29, 0.717) is 23.9 Å². The van der Waals surface area contributed by atoms with Crippen molar-refractivity contribution in [3.05, 3.63) is 0 Å². The molecule has 3 heteroatoms. The molecule has 3 aliphatic rings. The molecule has 0 aromatic carbocycles. The Balaban J connectivity index is 1.61. The van der Waals surface area contributed by atoms with E-state index in [1.807, 2.05) is 0 Å². The van der Waals surface area contributed by atoms with Gasteiger partial charge in [-0.2, -0.15) is 0 Å². The summed E-state index contributed by atoms with van der Waals surface area (Å²) >= 11 is 0. The van der Waals surface area contributed by atoms with Crippen LogP contribution in [0.15, 0.2) is 0 Å². The van der Waals surface area contributed by atoms with Crippen LogP contribution in [0.3, 0.4) is 0 Å². The largest absolute Gasteiger partial charge is 0.342 e. The summed E-state index contributed by atoms with van der Waals surface area (Å²) in [6.45, 7) is 4.26. The quantitative estimate of drug-likeness (QED) is 0.765. The molecule has 0 spiro atoms. The minimum absolute atomic E-state index is 0.300. The highest BCUT2D eigenvalue weighted by molar-refractivity contribution is 5.80. The summed E-state index contributed by atoms with van der Waals surface area (Å²) in [6.07, 6.45) is 6.03. The van der Waals surface area contributed by atoms with Crippen LogP contribution in [0.2, 0.25) is 0 Å². The maximum absolute atomic E-state index is 12.4. The summed E-state index contributed by atoms with van der Waals surface area (Å²) < 4.78 is 0. The molecule has 4 unspecified atom stereocenters. The van der Waals surface area contributed by atoms with Gasteiger partial charge in [0.05, 0.1) is 5.92 Å². The van der Waals surface area contributed by atoms with Crippen molar-refractivity contribution in [3.8, 4) is 0 Å². The van der Waals surface area contributed by atoms with Gasteiger partial charge in [0.1, 0.15) is 0 Å². The fraction of sp³-hybridized carbons (Fsp3) is 0.923. The van der Waals surface area contributed by atoms with Gasteiger partial charge in [-0.3, -0.25) is 4.79 Å². The Hall–Kier alpha value is -0.570. The van der Waals surface area contributed by atoms with Gasteiger partial charge in [-0.05, 0) is 31.6 Å². The lowest BCUT2D eigenvalue weighted by Crippen LogP contribution is -2.39. The predicted octanol–water partition coefficient (Wildman–Crippen LogP) is 1.39. The zero-order valence-electron chi connectivity index (χ0n) is 10.1. The normalized spacial score (nSPS) is 41.9. The van der Waals surface area contributed by atoms with E-state index in [1.54, 1.807) is 0 Å². The lowest BCUT2D eigenvalue weighted by atomic mass is 9.88. The molecular formula is C13H22N2O. The van der Waals surface area contributed by atoms with Gasteiger partial charge in [-0.1, -0.05) is 13.3 Å². The fourth-order valence-electron chi connectivity index (χ4n) is 3.70. The SMILES string of the molecule is CCC1CCN(C(=O)C2CC3CCC2N3)C1. The van der Waals surface area contributed by atoms with Gasteiger partial charge in [-0.25, -0.2) is 0 Å². The van der Waals surface area contributed by atoms with Crippen molar-refractivity contribution >= 4 is 5.91 Å². The van der Waals surface area contributed by atoms with Crippen LogP contribution >= 0.6 is 0 Å². The molecule has 16 heavy (non-hydrogen) atoms. The molecular weight excluding hydrogens is 200 g/mol. The number of hydrogen-bond acceptors (Lipinski definition) is 2. The van der Waals surface area contributed by atoms with Crippen molar-refractivity contribution in [1.29, 1.82) is 0 Å². The zero-order valence-corrected chi connectivity index (χ0v) is 10.1. The number of rotatable bonds is 2. The Morgan fingerprint density at radius 1 is 1.38 bits per heavy atom. The molecule has 0 radical (unpaired) electrons. The van der Waals surface area contributed by atoms with Gasteiger partial charge in [0, 0.05) is 25.2 Å². The molecule has 3 rings (SSSR count). The van der Waals surface area contributed by atoms with Crippen molar-refractivity contribution < 1.29 is 4.79 Å². The topological polar surface area (TPSA) is 32.3 Å². The number of carbonyl (C=O) groups excluding carboxylic acids is 1. The first-order valence-corrected chi connectivity index (χ1v) is 6.82. The maximum atomic E-state index is 12.4. The van der Waals surface area contributed by atoms with Gasteiger partial charge in [0.25, 0.3) is 0 Å². The highest BCUT2D eigenvalue weighted by Crippen LogP contribution is 2.35. The monoisotopic (exact) mass is 222 g/mol. The van der Waals surface area contributed by atoms with Crippen LogP contribution in [0, 0.1) is 11.8 Å². The standard InChI is InChI=1S/C13H22N2O/c1-2-9-5-6-15(8-9)13(16)11-7-10-3-4-12(11)14-10/h9-12,14H,2-8H2,1H3. The Morgan fingerprint density at radius 3 is 2.81 bits per heavy atom. The van der Waals surface area contributed by atoms with Crippen LogP contribution in [-0.4, -0.2) is 36.0 Å². The molecule has 4 atom stereocenters. The molecule has 0 aromatic rings. The molecule has 3 aliphatic heterocycles. The van der Waals surface area contributed by atoms with E-state index in [1.165, 1.54) is 25.7 Å². The lowest BCUT2D eigenvalue weighted by Gasteiger charge is -2.25. The van der Waals surface area contributed by atoms with Crippen molar-refractivity contribution in [1.82, 2.24) is 10.2 Å². The van der Waals surface area contributed by atoms with E-state index >= 15 is 0 Å². The van der Waals surface area contributed by atoms with E-state index in [-0.39, 0.29) is 0 Å². The number of amides is 1. The second-order valence-electron chi connectivity index (χ2n) is 5.74. The van der Waals surface area contributed by atoms with Gasteiger partial charge < -0.3 is 10.2 Å². The smallest absolute Gasteiger partial charge is 0.227 e. The Morgan fingerprint density at radius 2 is 2.25 bits per heavy atom. The molecule has 2 bridgehead atoms. The van der Waals surface area contributed by atoms with Crippen LogP contribution in [0.1, 0.15) is 39.0 Å². The minimum Gasteiger partial charge on any atom is -0.342 e. The number of nitrogens with one attached hydrogen (secondary N) is 1. The highest BCUT2D eigenvalue weighted by atomic mass is 16.2. The van der Waals surface area contributed by atoms with Crippen LogP contribution in [0.25, 0.3) is 0 Å². The number of likely N-dealkylation sites (tertiary alicyclic amines) is 1. The third-order valence-electron chi connectivity index (χ3n) is 4.79. The van der Waals surface area contributed by atoms with E-state index in [4.69, 9.17) is 0 Å². The molecule has 3 heterocycles. The average Bonchev–Trinajstić information content (AvgIpc) is 3.03. The van der Waals surface area contributed by atoms with E-state index < -0.39 is 0 Å². The number of hydrogen-bond donors (Lipinski definition) is 1. The second-order valence-corrected chi connectivity index (χ2v) is 5.74. The molecule has 90 valence electrons. The molecule has 1 amide bonds. The van der Waals surface area contributed by atoms with Crippen molar-refractivity contribution in [2.24, 2.45) is 11.8 Å². The molecule has 0 saturated carbocycles. The Kier molecular flexibility index (Phi) is 2.66. The van der Waals surface area contributed by atoms with Crippen molar-refractivity contribution in [2.45, 2.75) is 51.1 Å². The number of fused-ring (bicyclic) bond motifs is 2. The van der Waals surface area contributed by atoms with Gasteiger partial charge >= 0.3 is 0 Å². The Bertz CT molecular complexity index is 292. The average molecular weight is 222 g/mol. The molecule has 3 saturated heterocycles. The summed E-state index contributed by atoms with van der Waals surface area (Å²) in [4.78, 5) is 14.5. The highest BCUT2D eigenvalue weighted by Gasteiger charge is 2.44. The molecule has 1 N–H and O–H groups in total. The molecule has 0 aliphatic carbocycles. The van der Waals surface area contributed by atoms with Crippen LogP contribution in [0.5, 0.6) is 0 Å². The third kappa shape index (κ3) is 1.65. The first kappa shape index (κ1) is 10.6. The van der Waals surface area contributed by atoms with Gasteiger partial charge in [0.15, 0.2) is 0 Å². The first-order valence-electron chi connectivity index (χ1n) is 6.82. The summed E-state index contributed by atoms with van der Waals surface area (Å²) in [7, 11) is 0. The van der Waals surface area contributed by atoms with Crippen LogP contribution < -0.4 is 5.32 Å². The number of carbonyl (C=O) groups is 1. The minimum atomic E-state index is 0.300. The molecule has 3 fully saturated rings. The maximum Gasteiger partial charge on any atom is 0.227 e. The van der Waals surface area contributed by atoms with Crippen LogP contribution in [0.4, 0.5) is 0 Å². The lowest BCUT2D eigenvalue weighted by molar-refractivity contribution is -0.135. The van der Waals surface area contributed by atoms with Crippen LogP contribution in [-0.2, 0) is 4.79 Å². The predicted molar refractivity (Wildman–Crippen MR) is 63.0 cm³/mol. The van der Waals surface area contributed by atoms with Crippen molar-refractivity contribution in [3.63, 3.8) is 0 Å². The summed E-state index contributed by atoms with van der Waals surface area (Å²) in [5.41, 5.74) is 0. The van der Waals surface area contributed by atoms with E-state index in [0.717, 1.165) is 25.4 Å². The van der Waals surface area contributed by atoms with Crippen molar-refractivity contribution in [2.75, 3.05) is 13.1 Å². The third-order valence-corrected chi connectivity index (χ3v) is 4.79. The number of nitrogens with zero attached hydrogens (tertiary/aromatic N) is 1. The summed E-state index contributed by atoms with van der Waals surface area (Å²) in [6, 6.07) is 1.14. The van der Waals surface area contributed by atoms with E-state index in [9.17, 15) is 4.79 Å². The zero-order chi connectivity index (χ0) is 11.1. The second kappa shape index (κ2) is 4.02.